The van der Waals surface area contributed by atoms with Gasteiger partial charge in [-0.3, -0.25) is 0 Å². The first kappa shape index (κ1) is 15.8. The van der Waals surface area contributed by atoms with Gasteiger partial charge in [0.05, 0.1) is 7.11 Å². The van der Waals surface area contributed by atoms with Crippen molar-refractivity contribution in [2.45, 2.75) is 24.9 Å². The van der Waals surface area contributed by atoms with Crippen molar-refractivity contribution in [1.29, 1.82) is 0 Å². The number of methoxy groups -OCH3 is 1. The van der Waals surface area contributed by atoms with Crippen LogP contribution in [0.1, 0.15) is 34.9 Å². The highest BCUT2D eigenvalue weighted by molar-refractivity contribution is 5.40. The van der Waals surface area contributed by atoms with Gasteiger partial charge in [0.1, 0.15) is 18.1 Å². The lowest BCUT2D eigenvalue weighted by atomic mass is 10.0. The Bertz CT molecular complexity index is 841. The molecule has 25 heavy (non-hydrogen) atoms. The molecule has 126 valence electrons. The summed E-state index contributed by atoms with van der Waals surface area (Å²) < 4.78 is 11.4. The fourth-order valence-corrected chi connectivity index (χ4v) is 3.45. The quantitative estimate of drug-likeness (QED) is 0.590. The van der Waals surface area contributed by atoms with E-state index in [4.69, 9.17) is 9.47 Å². The van der Waals surface area contributed by atoms with Crippen LogP contribution in [0.15, 0.2) is 78.9 Å². The Morgan fingerprint density at radius 1 is 0.800 bits per heavy atom. The van der Waals surface area contributed by atoms with Gasteiger partial charge in [-0.15, -0.1) is 0 Å². The van der Waals surface area contributed by atoms with Crippen molar-refractivity contribution < 1.29 is 9.47 Å². The molecule has 1 aliphatic carbocycles. The van der Waals surface area contributed by atoms with E-state index in [1.165, 1.54) is 17.5 Å². The Morgan fingerprint density at radius 2 is 1.52 bits per heavy atom. The average molecular weight is 330 g/mol. The van der Waals surface area contributed by atoms with Crippen LogP contribution in [0.4, 0.5) is 0 Å². The van der Waals surface area contributed by atoms with Crippen molar-refractivity contribution in [1.82, 2.24) is 0 Å². The van der Waals surface area contributed by atoms with E-state index in [1.54, 1.807) is 7.11 Å². The highest BCUT2D eigenvalue weighted by Gasteiger charge is 2.39. The van der Waals surface area contributed by atoms with Crippen molar-refractivity contribution in [2.75, 3.05) is 7.11 Å². The third-order valence-electron chi connectivity index (χ3n) is 4.89. The maximum absolute atomic E-state index is 6.01. The van der Waals surface area contributed by atoms with Crippen LogP contribution < -0.4 is 9.47 Å². The van der Waals surface area contributed by atoms with Gasteiger partial charge in [-0.05, 0) is 47.6 Å². The molecule has 2 atom stereocenters. The fraction of sp³-hybridized carbons (Fsp3) is 0.217. The largest absolute Gasteiger partial charge is 0.496 e. The second kappa shape index (κ2) is 7.02. The maximum Gasteiger partial charge on any atom is 0.125 e. The van der Waals surface area contributed by atoms with Crippen LogP contribution in [-0.2, 0) is 6.61 Å². The second-order valence-electron chi connectivity index (χ2n) is 6.53. The lowest BCUT2D eigenvalue weighted by molar-refractivity contribution is 0.296. The van der Waals surface area contributed by atoms with Crippen molar-refractivity contribution in [3.8, 4) is 11.5 Å². The minimum absolute atomic E-state index is 0.514. The first-order valence-corrected chi connectivity index (χ1v) is 8.75. The molecule has 3 aromatic rings. The van der Waals surface area contributed by atoms with Crippen molar-refractivity contribution in [2.24, 2.45) is 0 Å². The van der Waals surface area contributed by atoms with E-state index in [0.717, 1.165) is 17.1 Å². The summed E-state index contributed by atoms with van der Waals surface area (Å²) in [5, 5.41) is 0. The standard InChI is InChI=1S/C23H22O2/c1-24-23-13-6-5-10-19(23)16-25-20-12-7-11-18(14-20)22-15-21(22)17-8-3-2-4-9-17/h2-14,21-22H,15-16H2,1H3. The van der Waals surface area contributed by atoms with Crippen molar-refractivity contribution in [3.63, 3.8) is 0 Å². The van der Waals surface area contributed by atoms with Crippen LogP contribution >= 0.6 is 0 Å². The van der Waals surface area contributed by atoms with E-state index in [0.29, 0.717) is 18.4 Å². The van der Waals surface area contributed by atoms with Gasteiger partial charge in [0.2, 0.25) is 0 Å². The van der Waals surface area contributed by atoms with Gasteiger partial charge in [-0.2, -0.15) is 0 Å². The molecule has 0 aromatic heterocycles. The molecule has 3 aromatic carbocycles. The lowest BCUT2D eigenvalue weighted by Gasteiger charge is -2.11. The van der Waals surface area contributed by atoms with Crippen LogP contribution in [0, 0.1) is 0 Å². The Morgan fingerprint density at radius 3 is 2.36 bits per heavy atom. The molecule has 2 unspecified atom stereocenters. The second-order valence-corrected chi connectivity index (χ2v) is 6.53. The summed E-state index contributed by atoms with van der Waals surface area (Å²) in [5.74, 6) is 3.04. The molecule has 0 heterocycles. The molecule has 0 spiro atoms. The summed E-state index contributed by atoms with van der Waals surface area (Å²) >= 11 is 0. The molecule has 2 nitrogen and oxygen atoms in total. The number of hydrogen-bond donors (Lipinski definition) is 0. The molecule has 4 rings (SSSR count). The zero-order valence-electron chi connectivity index (χ0n) is 14.4. The number of para-hydroxylation sites is 1. The monoisotopic (exact) mass is 330 g/mol. The molecule has 0 bridgehead atoms. The zero-order chi connectivity index (χ0) is 17.1. The van der Waals surface area contributed by atoms with E-state index < -0.39 is 0 Å². The van der Waals surface area contributed by atoms with E-state index in [9.17, 15) is 0 Å². The molecule has 0 N–H and O–H groups in total. The summed E-state index contributed by atoms with van der Waals surface area (Å²) in [7, 11) is 1.69. The van der Waals surface area contributed by atoms with Gasteiger partial charge >= 0.3 is 0 Å². The van der Waals surface area contributed by atoms with E-state index >= 15 is 0 Å². The van der Waals surface area contributed by atoms with E-state index in [-0.39, 0.29) is 0 Å². The average Bonchev–Trinajstić information content (AvgIpc) is 3.48. The molecule has 1 fully saturated rings. The predicted octanol–water partition coefficient (Wildman–Crippen LogP) is 5.55. The van der Waals surface area contributed by atoms with Crippen LogP contribution in [0.3, 0.4) is 0 Å². The Hall–Kier alpha value is -2.74. The van der Waals surface area contributed by atoms with Crippen LogP contribution in [0.5, 0.6) is 11.5 Å². The molecule has 1 aliphatic rings. The van der Waals surface area contributed by atoms with Gasteiger partial charge < -0.3 is 9.47 Å². The SMILES string of the molecule is COc1ccccc1COc1cccc(C2CC2c2ccccc2)c1. The fourth-order valence-electron chi connectivity index (χ4n) is 3.45. The Balaban J connectivity index is 1.44. The summed E-state index contributed by atoms with van der Waals surface area (Å²) in [6.07, 6.45) is 1.22. The van der Waals surface area contributed by atoms with Gasteiger partial charge in [0, 0.05) is 5.56 Å². The molecular formula is C23H22O2. The highest BCUT2D eigenvalue weighted by Crippen LogP contribution is 2.54. The van der Waals surface area contributed by atoms with E-state index in [2.05, 4.69) is 48.5 Å². The Labute approximate surface area is 149 Å². The normalized spacial score (nSPS) is 18.6. The molecule has 0 amide bonds. The van der Waals surface area contributed by atoms with E-state index in [1.807, 2.05) is 30.3 Å². The number of ether oxygens (including phenoxy) is 2. The number of hydrogen-bond acceptors (Lipinski definition) is 2. The molecular weight excluding hydrogens is 308 g/mol. The summed E-state index contributed by atoms with van der Waals surface area (Å²) in [6.45, 7) is 0.514. The van der Waals surface area contributed by atoms with Crippen molar-refractivity contribution >= 4 is 0 Å². The lowest BCUT2D eigenvalue weighted by Crippen LogP contribution is -1.98. The highest BCUT2D eigenvalue weighted by atomic mass is 16.5. The summed E-state index contributed by atoms with van der Waals surface area (Å²) in [4.78, 5) is 0. The number of benzene rings is 3. The maximum atomic E-state index is 6.01. The third kappa shape index (κ3) is 3.53. The first-order chi connectivity index (χ1) is 12.3. The summed E-state index contributed by atoms with van der Waals surface area (Å²) in [6, 6.07) is 27.3. The van der Waals surface area contributed by atoms with Crippen LogP contribution in [-0.4, -0.2) is 7.11 Å². The molecule has 1 saturated carbocycles. The molecule has 2 heteroatoms. The van der Waals surface area contributed by atoms with Crippen LogP contribution in [0.25, 0.3) is 0 Å². The predicted molar refractivity (Wildman–Crippen MR) is 100 cm³/mol. The zero-order valence-corrected chi connectivity index (χ0v) is 14.4. The molecule has 0 radical (unpaired) electrons. The minimum atomic E-state index is 0.514. The third-order valence-corrected chi connectivity index (χ3v) is 4.89. The van der Waals surface area contributed by atoms with Gasteiger partial charge in [-0.1, -0.05) is 60.7 Å². The Kier molecular flexibility index (Phi) is 4.43. The summed E-state index contributed by atoms with van der Waals surface area (Å²) in [5.41, 5.74) is 3.86. The number of rotatable bonds is 6. The smallest absolute Gasteiger partial charge is 0.125 e. The van der Waals surface area contributed by atoms with Gasteiger partial charge in [0.15, 0.2) is 0 Å². The minimum Gasteiger partial charge on any atom is -0.496 e. The van der Waals surface area contributed by atoms with Crippen LogP contribution in [0.2, 0.25) is 0 Å². The molecule has 0 saturated heterocycles. The van der Waals surface area contributed by atoms with Gasteiger partial charge in [-0.25, -0.2) is 0 Å². The van der Waals surface area contributed by atoms with Crippen molar-refractivity contribution in [3.05, 3.63) is 95.6 Å². The van der Waals surface area contributed by atoms with Gasteiger partial charge in [0.25, 0.3) is 0 Å². The molecule has 0 aliphatic heterocycles. The first-order valence-electron chi connectivity index (χ1n) is 8.75. The topological polar surface area (TPSA) is 18.5 Å².